The molecule has 0 amide bonds. The van der Waals surface area contributed by atoms with Crippen LogP contribution in [0.5, 0.6) is 0 Å². The van der Waals surface area contributed by atoms with E-state index in [4.69, 9.17) is 9.84 Å². The van der Waals surface area contributed by atoms with E-state index in [9.17, 15) is 4.79 Å². The van der Waals surface area contributed by atoms with Crippen molar-refractivity contribution in [2.45, 2.75) is 13.0 Å². The summed E-state index contributed by atoms with van der Waals surface area (Å²) in [6, 6.07) is 0. The third kappa shape index (κ3) is 1.32. The molecule has 5 nitrogen and oxygen atoms in total. The van der Waals surface area contributed by atoms with E-state index in [-0.39, 0.29) is 11.9 Å². The van der Waals surface area contributed by atoms with Crippen molar-refractivity contribution in [1.82, 2.24) is 5.32 Å². The zero-order chi connectivity index (χ0) is 10.1. The van der Waals surface area contributed by atoms with E-state index in [1.54, 1.807) is 6.20 Å². The molecule has 0 aliphatic carbocycles. The Kier molecular flexibility index (Phi) is 1.92. The average Bonchev–Trinajstić information content (AvgIpc) is 2.49. The van der Waals surface area contributed by atoms with Gasteiger partial charge in [-0.1, -0.05) is 0 Å². The molecule has 74 valence electrons. The van der Waals surface area contributed by atoms with Gasteiger partial charge in [-0.25, -0.2) is 4.79 Å². The second-order valence-corrected chi connectivity index (χ2v) is 2.95. The predicted molar refractivity (Wildman–Crippen MR) is 47.0 cm³/mol. The zero-order valence-corrected chi connectivity index (χ0v) is 7.48. The first-order valence-electron chi connectivity index (χ1n) is 4.12. The summed E-state index contributed by atoms with van der Waals surface area (Å²) in [5.41, 5.74) is 1.57. The van der Waals surface area contributed by atoms with Crippen molar-refractivity contribution in [3.05, 3.63) is 35.6 Å². The molecule has 5 heteroatoms. The number of ether oxygens (including phenoxy) is 2. The normalized spacial score (nSPS) is 23.5. The lowest BCUT2D eigenvalue weighted by Crippen LogP contribution is -2.15. The Morgan fingerprint density at radius 1 is 1.64 bits per heavy atom. The number of fused-ring (bicyclic) bond motifs is 1. The molecule has 0 radical (unpaired) electrons. The number of hydrogen-bond donors (Lipinski definition) is 2. The van der Waals surface area contributed by atoms with Gasteiger partial charge in [0.15, 0.2) is 5.76 Å². The summed E-state index contributed by atoms with van der Waals surface area (Å²) >= 11 is 0. The highest BCUT2D eigenvalue weighted by atomic mass is 16.7. The Morgan fingerprint density at radius 2 is 2.43 bits per heavy atom. The highest BCUT2D eigenvalue weighted by molar-refractivity contribution is 5.62. The highest BCUT2D eigenvalue weighted by Gasteiger charge is 2.28. The number of hydrogen-bond acceptors (Lipinski definition) is 4. The topological polar surface area (TPSA) is 67.8 Å². The molecule has 0 saturated heterocycles. The van der Waals surface area contributed by atoms with E-state index in [0.29, 0.717) is 5.57 Å². The highest BCUT2D eigenvalue weighted by Crippen LogP contribution is 2.32. The molecule has 0 aromatic heterocycles. The van der Waals surface area contributed by atoms with Crippen molar-refractivity contribution in [2.24, 2.45) is 0 Å². The lowest BCUT2D eigenvalue weighted by molar-refractivity contribution is 0.120. The quantitative estimate of drug-likeness (QED) is 0.617. The van der Waals surface area contributed by atoms with E-state index >= 15 is 0 Å². The van der Waals surface area contributed by atoms with E-state index in [1.807, 2.05) is 6.92 Å². The van der Waals surface area contributed by atoms with Gasteiger partial charge in [-0.05, 0) is 6.92 Å². The molecule has 2 aliphatic rings. The van der Waals surface area contributed by atoms with Gasteiger partial charge in [0, 0.05) is 18.0 Å². The summed E-state index contributed by atoms with van der Waals surface area (Å²) in [6.07, 6.45) is 3.34. The van der Waals surface area contributed by atoms with Crippen LogP contribution in [-0.2, 0) is 9.47 Å². The van der Waals surface area contributed by atoms with Gasteiger partial charge in [-0.15, -0.1) is 0 Å². The number of nitrogens with one attached hydrogen (secondary N) is 1. The minimum Gasteiger partial charge on any atom is -0.493 e. The van der Waals surface area contributed by atoms with E-state index in [1.165, 1.54) is 12.5 Å². The van der Waals surface area contributed by atoms with Gasteiger partial charge in [0.05, 0.1) is 11.8 Å². The van der Waals surface area contributed by atoms with Crippen LogP contribution >= 0.6 is 0 Å². The third-order valence-corrected chi connectivity index (χ3v) is 2.05. The first-order valence-corrected chi connectivity index (χ1v) is 4.12. The van der Waals surface area contributed by atoms with Crippen molar-refractivity contribution in [3.8, 4) is 0 Å². The summed E-state index contributed by atoms with van der Waals surface area (Å²) in [5, 5.41) is 11.3. The number of dihydropyridines is 1. The van der Waals surface area contributed by atoms with Crippen LogP contribution in [0.25, 0.3) is 0 Å². The number of rotatable bonds is 1. The van der Waals surface area contributed by atoms with Crippen molar-refractivity contribution in [1.29, 1.82) is 0 Å². The fraction of sp³-hybridized carbons (Fsp3) is 0.222. The van der Waals surface area contributed by atoms with E-state index in [2.05, 4.69) is 10.1 Å². The van der Waals surface area contributed by atoms with Gasteiger partial charge in [-0.3, -0.25) is 0 Å². The fourth-order valence-corrected chi connectivity index (χ4v) is 1.39. The van der Waals surface area contributed by atoms with Gasteiger partial charge < -0.3 is 19.9 Å². The number of carbonyl (C=O) groups is 1. The fourth-order valence-electron chi connectivity index (χ4n) is 1.39. The molecule has 0 bridgehead atoms. The Labute approximate surface area is 80.3 Å². The summed E-state index contributed by atoms with van der Waals surface area (Å²) in [6.45, 7) is 1.88. The van der Waals surface area contributed by atoms with Gasteiger partial charge in [0.1, 0.15) is 6.10 Å². The maximum Gasteiger partial charge on any atom is 0.511 e. The Bertz CT molecular complexity index is 367. The van der Waals surface area contributed by atoms with Crippen LogP contribution in [0.1, 0.15) is 6.92 Å². The van der Waals surface area contributed by atoms with Gasteiger partial charge >= 0.3 is 6.16 Å². The first kappa shape index (κ1) is 8.68. The Morgan fingerprint density at radius 3 is 3.14 bits per heavy atom. The molecular weight excluding hydrogens is 186 g/mol. The monoisotopic (exact) mass is 195 g/mol. The van der Waals surface area contributed by atoms with Crippen LogP contribution in [-0.4, -0.2) is 17.4 Å². The van der Waals surface area contributed by atoms with Crippen LogP contribution in [0, 0.1) is 0 Å². The molecule has 0 aromatic rings. The van der Waals surface area contributed by atoms with Crippen LogP contribution in [0.2, 0.25) is 0 Å². The zero-order valence-electron chi connectivity index (χ0n) is 7.48. The molecule has 0 spiro atoms. The minimum absolute atomic E-state index is 0.0707. The molecule has 2 heterocycles. The van der Waals surface area contributed by atoms with Crippen molar-refractivity contribution in [2.75, 3.05) is 0 Å². The number of carboxylic acid groups (broad SMARTS) is 1. The molecule has 2 aliphatic heterocycles. The molecule has 2 N–H and O–H groups in total. The van der Waals surface area contributed by atoms with Crippen LogP contribution in [0.3, 0.4) is 0 Å². The molecule has 2 rings (SSSR count). The van der Waals surface area contributed by atoms with Crippen molar-refractivity contribution >= 4 is 6.16 Å². The average molecular weight is 195 g/mol. The molecule has 1 unspecified atom stereocenters. The lowest BCUT2D eigenvalue weighted by Gasteiger charge is -2.14. The molecular formula is C9H9NO4. The van der Waals surface area contributed by atoms with Gasteiger partial charge in [0.25, 0.3) is 0 Å². The first-order chi connectivity index (χ1) is 6.68. The largest absolute Gasteiger partial charge is 0.511 e. The standard InChI is InChI=1S/C9H9NO4/c1-5-6-2-10-3-8(14-9(11)12)7(6)4-13-5/h2-5,10H,1H3,(H,11,12). The molecule has 1 atom stereocenters. The van der Waals surface area contributed by atoms with Crippen molar-refractivity contribution < 1.29 is 19.4 Å². The minimum atomic E-state index is -1.33. The SMILES string of the molecule is CC1OC=C2C(OC(=O)O)=CNC=C21. The summed E-state index contributed by atoms with van der Waals surface area (Å²) in [5.74, 6) is 0.263. The lowest BCUT2D eigenvalue weighted by atomic mass is 10.0. The van der Waals surface area contributed by atoms with Crippen LogP contribution in [0.15, 0.2) is 35.6 Å². The summed E-state index contributed by atoms with van der Waals surface area (Å²) in [4.78, 5) is 10.4. The molecule has 14 heavy (non-hydrogen) atoms. The Balaban J connectivity index is 2.22. The number of allylic oxidation sites excluding steroid dienone is 1. The second-order valence-electron chi connectivity index (χ2n) is 2.95. The van der Waals surface area contributed by atoms with E-state index < -0.39 is 6.16 Å². The summed E-state index contributed by atoms with van der Waals surface area (Å²) < 4.78 is 9.81. The van der Waals surface area contributed by atoms with Crippen LogP contribution < -0.4 is 5.32 Å². The maximum absolute atomic E-state index is 10.4. The van der Waals surface area contributed by atoms with Gasteiger partial charge in [0.2, 0.25) is 0 Å². The molecule has 0 saturated carbocycles. The third-order valence-electron chi connectivity index (χ3n) is 2.05. The second kappa shape index (κ2) is 3.10. The van der Waals surface area contributed by atoms with Crippen LogP contribution in [0.4, 0.5) is 4.79 Å². The Hall–Kier alpha value is -1.91. The smallest absolute Gasteiger partial charge is 0.493 e. The maximum atomic E-state index is 10.4. The van der Waals surface area contributed by atoms with E-state index in [0.717, 1.165) is 5.57 Å². The van der Waals surface area contributed by atoms with Gasteiger partial charge in [-0.2, -0.15) is 0 Å². The predicted octanol–water partition coefficient (Wildman–Crippen LogP) is 1.31. The molecule has 0 fully saturated rings. The van der Waals surface area contributed by atoms with Crippen molar-refractivity contribution in [3.63, 3.8) is 0 Å². The molecule has 0 aromatic carbocycles. The summed E-state index contributed by atoms with van der Waals surface area (Å²) in [7, 11) is 0.